The number of anilines is 2. The van der Waals surface area contributed by atoms with Crippen molar-refractivity contribution in [1.29, 1.82) is 0 Å². The predicted octanol–water partition coefficient (Wildman–Crippen LogP) is 3.92. The quantitative estimate of drug-likeness (QED) is 0.607. The molecule has 2 aromatic carbocycles. The number of carbonyl (C=O) groups excluding carboxylic acids is 1. The zero-order valence-corrected chi connectivity index (χ0v) is 21.3. The molecule has 35 heavy (non-hydrogen) atoms. The van der Waals surface area contributed by atoms with E-state index in [1.165, 1.54) is 5.56 Å². The number of likely N-dealkylation sites (N-methyl/N-ethyl adjacent to an activating group) is 1. The first-order chi connectivity index (χ1) is 16.9. The highest BCUT2D eigenvalue weighted by Gasteiger charge is 2.31. The molecule has 8 heteroatoms. The summed E-state index contributed by atoms with van der Waals surface area (Å²) in [5, 5.41) is 2.96. The summed E-state index contributed by atoms with van der Waals surface area (Å²) in [6.07, 6.45) is 5.59. The maximum absolute atomic E-state index is 13.9. The summed E-state index contributed by atoms with van der Waals surface area (Å²) in [5.74, 6) is 0.0202. The Morgan fingerprint density at radius 1 is 1.00 bits per heavy atom. The van der Waals surface area contributed by atoms with Crippen molar-refractivity contribution in [3.8, 4) is 0 Å². The lowest BCUT2D eigenvalue weighted by molar-refractivity contribution is -0.122. The standard InChI is InChI=1S/C27H36N4O3S/c1-2-30-15-17-31(18-16-30)25-14-13-22(28-27(32)21-9-5-10-21)19-26(25)35(33,34)29-24-12-6-8-20-7-3-4-11-23(20)24/h3-4,7,11,13-14,19,21,24,29H,2,5-6,8-10,12,15-18H2,1H3,(H,28,32)/t24-/m0/s1. The zero-order chi connectivity index (χ0) is 24.4. The monoisotopic (exact) mass is 496 g/mol. The van der Waals surface area contributed by atoms with Crippen LogP contribution in [0.1, 0.15) is 56.2 Å². The number of nitrogens with zero attached hydrogens (tertiary/aromatic N) is 2. The van der Waals surface area contributed by atoms with Gasteiger partial charge < -0.3 is 15.1 Å². The number of benzene rings is 2. The highest BCUT2D eigenvalue weighted by atomic mass is 32.2. The molecule has 1 saturated carbocycles. The molecule has 2 N–H and O–H groups in total. The van der Waals surface area contributed by atoms with E-state index in [1.807, 2.05) is 30.3 Å². The second kappa shape index (κ2) is 10.3. The Morgan fingerprint density at radius 3 is 2.49 bits per heavy atom. The molecule has 0 radical (unpaired) electrons. The number of hydrogen-bond donors (Lipinski definition) is 2. The van der Waals surface area contributed by atoms with E-state index in [1.54, 1.807) is 6.07 Å². The van der Waals surface area contributed by atoms with Crippen LogP contribution in [-0.4, -0.2) is 51.9 Å². The fourth-order valence-electron chi connectivity index (χ4n) is 5.42. The molecule has 5 rings (SSSR count). The Labute approximate surface area is 208 Å². The number of carbonyl (C=O) groups is 1. The van der Waals surface area contributed by atoms with Gasteiger partial charge in [0, 0.05) is 43.8 Å². The van der Waals surface area contributed by atoms with Crippen LogP contribution in [-0.2, 0) is 21.2 Å². The third-order valence-electron chi connectivity index (χ3n) is 7.82. The second-order valence-corrected chi connectivity index (χ2v) is 11.7. The lowest BCUT2D eigenvalue weighted by Gasteiger charge is -2.36. The Balaban J connectivity index is 1.45. The van der Waals surface area contributed by atoms with E-state index in [9.17, 15) is 13.2 Å². The molecular formula is C27H36N4O3S. The first-order valence-corrected chi connectivity index (χ1v) is 14.5. The van der Waals surface area contributed by atoms with Crippen molar-refractivity contribution in [1.82, 2.24) is 9.62 Å². The third kappa shape index (κ3) is 5.25. The van der Waals surface area contributed by atoms with E-state index >= 15 is 0 Å². The Kier molecular flexibility index (Phi) is 7.14. The van der Waals surface area contributed by atoms with Crippen LogP contribution in [0, 0.1) is 5.92 Å². The average Bonchev–Trinajstić information content (AvgIpc) is 2.83. The van der Waals surface area contributed by atoms with Crippen molar-refractivity contribution in [2.45, 2.75) is 56.4 Å². The molecule has 2 fully saturated rings. The van der Waals surface area contributed by atoms with E-state index < -0.39 is 10.0 Å². The molecule has 2 aliphatic carbocycles. The minimum absolute atomic E-state index is 0.0157. The van der Waals surface area contributed by atoms with Gasteiger partial charge in [-0.3, -0.25) is 4.79 Å². The lowest BCUT2D eigenvalue weighted by Crippen LogP contribution is -2.46. The third-order valence-corrected chi connectivity index (χ3v) is 9.32. The van der Waals surface area contributed by atoms with Crippen LogP contribution in [0.5, 0.6) is 0 Å². The van der Waals surface area contributed by atoms with Crippen LogP contribution in [0.15, 0.2) is 47.4 Å². The van der Waals surface area contributed by atoms with Crippen LogP contribution < -0.4 is 14.9 Å². The predicted molar refractivity (Wildman–Crippen MR) is 139 cm³/mol. The van der Waals surface area contributed by atoms with Crippen LogP contribution in [0.4, 0.5) is 11.4 Å². The second-order valence-electron chi connectivity index (χ2n) is 9.99. The molecule has 1 amide bonds. The summed E-state index contributed by atoms with van der Waals surface area (Å²) < 4.78 is 30.8. The number of piperazine rings is 1. The summed E-state index contributed by atoms with van der Waals surface area (Å²) >= 11 is 0. The number of fused-ring (bicyclic) bond motifs is 1. The molecule has 1 atom stereocenters. The van der Waals surface area contributed by atoms with Crippen molar-refractivity contribution >= 4 is 27.3 Å². The molecular weight excluding hydrogens is 460 g/mol. The molecule has 0 spiro atoms. The van der Waals surface area contributed by atoms with Gasteiger partial charge in [-0.15, -0.1) is 0 Å². The van der Waals surface area contributed by atoms with E-state index in [-0.39, 0.29) is 22.8 Å². The van der Waals surface area contributed by atoms with Gasteiger partial charge in [0.2, 0.25) is 15.9 Å². The molecule has 188 valence electrons. The van der Waals surface area contributed by atoms with E-state index in [0.29, 0.717) is 11.4 Å². The number of nitrogens with one attached hydrogen (secondary N) is 2. The fraction of sp³-hybridized carbons (Fsp3) is 0.519. The number of amides is 1. The Morgan fingerprint density at radius 2 is 1.77 bits per heavy atom. The highest BCUT2D eigenvalue weighted by Crippen LogP contribution is 2.35. The van der Waals surface area contributed by atoms with Gasteiger partial charge in [-0.05, 0) is 68.0 Å². The first kappa shape index (κ1) is 24.3. The van der Waals surface area contributed by atoms with Gasteiger partial charge in [-0.2, -0.15) is 0 Å². The smallest absolute Gasteiger partial charge is 0.243 e. The summed E-state index contributed by atoms with van der Waals surface area (Å²) in [6.45, 7) is 6.50. The molecule has 2 aromatic rings. The molecule has 3 aliphatic rings. The van der Waals surface area contributed by atoms with Gasteiger partial charge in [0.1, 0.15) is 4.90 Å². The molecule has 1 saturated heterocycles. The van der Waals surface area contributed by atoms with Crippen molar-refractivity contribution in [2.75, 3.05) is 42.9 Å². The summed E-state index contributed by atoms with van der Waals surface area (Å²) in [5.41, 5.74) is 3.53. The van der Waals surface area contributed by atoms with E-state index in [2.05, 4.69) is 32.8 Å². The number of aryl methyl sites for hydroxylation is 1. The minimum atomic E-state index is -3.83. The van der Waals surface area contributed by atoms with E-state index in [0.717, 1.165) is 76.8 Å². The van der Waals surface area contributed by atoms with Crippen LogP contribution >= 0.6 is 0 Å². The maximum Gasteiger partial charge on any atom is 0.243 e. The zero-order valence-electron chi connectivity index (χ0n) is 20.5. The normalized spacial score (nSPS) is 21.3. The van der Waals surface area contributed by atoms with Gasteiger partial charge >= 0.3 is 0 Å². The molecule has 1 heterocycles. The summed E-state index contributed by atoms with van der Waals surface area (Å²) in [7, 11) is -3.83. The average molecular weight is 497 g/mol. The van der Waals surface area contributed by atoms with Crippen LogP contribution in [0.25, 0.3) is 0 Å². The Bertz CT molecular complexity index is 1170. The van der Waals surface area contributed by atoms with Crippen molar-refractivity contribution < 1.29 is 13.2 Å². The van der Waals surface area contributed by atoms with Gasteiger partial charge in [-0.1, -0.05) is 37.6 Å². The van der Waals surface area contributed by atoms with Gasteiger partial charge in [0.15, 0.2) is 0 Å². The molecule has 7 nitrogen and oxygen atoms in total. The lowest BCUT2D eigenvalue weighted by atomic mass is 9.85. The molecule has 1 aliphatic heterocycles. The first-order valence-electron chi connectivity index (χ1n) is 13.0. The van der Waals surface area contributed by atoms with E-state index in [4.69, 9.17) is 0 Å². The largest absolute Gasteiger partial charge is 0.368 e. The Hall–Kier alpha value is -2.42. The number of sulfonamides is 1. The van der Waals surface area contributed by atoms with Gasteiger partial charge in [0.05, 0.1) is 5.69 Å². The fourth-order valence-corrected chi connectivity index (χ4v) is 6.92. The summed E-state index contributed by atoms with van der Waals surface area (Å²) in [6, 6.07) is 13.2. The van der Waals surface area contributed by atoms with Gasteiger partial charge in [0.25, 0.3) is 0 Å². The number of rotatable bonds is 7. The highest BCUT2D eigenvalue weighted by molar-refractivity contribution is 7.89. The summed E-state index contributed by atoms with van der Waals surface area (Å²) in [4.78, 5) is 17.4. The van der Waals surface area contributed by atoms with Crippen molar-refractivity contribution in [3.63, 3.8) is 0 Å². The van der Waals surface area contributed by atoms with Crippen LogP contribution in [0.3, 0.4) is 0 Å². The molecule has 0 bridgehead atoms. The maximum atomic E-state index is 13.9. The van der Waals surface area contributed by atoms with Crippen LogP contribution in [0.2, 0.25) is 0 Å². The number of hydrogen-bond acceptors (Lipinski definition) is 5. The van der Waals surface area contributed by atoms with Crippen molar-refractivity contribution in [3.05, 3.63) is 53.6 Å². The topological polar surface area (TPSA) is 81.8 Å². The molecule has 0 unspecified atom stereocenters. The minimum Gasteiger partial charge on any atom is -0.368 e. The van der Waals surface area contributed by atoms with Crippen molar-refractivity contribution in [2.24, 2.45) is 5.92 Å². The molecule has 0 aromatic heterocycles. The SMILES string of the molecule is CCN1CCN(c2ccc(NC(=O)C3CCC3)cc2S(=O)(=O)N[C@H]2CCCc3ccccc32)CC1. The van der Waals surface area contributed by atoms with Gasteiger partial charge in [-0.25, -0.2) is 13.1 Å².